The summed E-state index contributed by atoms with van der Waals surface area (Å²) in [6.07, 6.45) is 0. The fourth-order valence-corrected chi connectivity index (χ4v) is 3.02. The first kappa shape index (κ1) is 12.6. The van der Waals surface area contributed by atoms with Crippen LogP contribution in [-0.2, 0) is 0 Å². The van der Waals surface area contributed by atoms with Gasteiger partial charge >= 0.3 is 0 Å². The molecule has 2 aromatic rings. The van der Waals surface area contributed by atoms with Crippen molar-refractivity contribution in [3.8, 4) is 5.75 Å². The summed E-state index contributed by atoms with van der Waals surface area (Å²) in [5.41, 5.74) is 9.03. The molecule has 0 aliphatic carbocycles. The number of thiophene rings is 1. The molecule has 0 unspecified atom stereocenters. The monoisotopic (exact) mass is 311 g/mol. The second kappa shape index (κ2) is 4.80. The third kappa shape index (κ3) is 2.25. The average Bonchev–Trinajstić information content (AvgIpc) is 2.79. The third-order valence-corrected chi connectivity index (χ3v) is 5.04. The minimum Gasteiger partial charge on any atom is -0.508 e. The quantitative estimate of drug-likeness (QED) is 0.884. The molecular weight excluding hydrogens is 298 g/mol. The van der Waals surface area contributed by atoms with E-state index in [0.29, 0.717) is 0 Å². The number of benzene rings is 1. The van der Waals surface area contributed by atoms with Crippen LogP contribution in [0.4, 0.5) is 0 Å². The number of hydrogen-bond acceptors (Lipinski definition) is 3. The van der Waals surface area contributed by atoms with E-state index in [9.17, 15) is 5.11 Å². The Hall–Kier alpha value is -0.840. The van der Waals surface area contributed by atoms with E-state index in [-0.39, 0.29) is 11.8 Å². The van der Waals surface area contributed by atoms with Crippen LogP contribution in [0.5, 0.6) is 5.75 Å². The number of rotatable bonds is 2. The molecule has 3 N–H and O–H groups in total. The lowest BCUT2D eigenvalue weighted by Gasteiger charge is -2.17. The molecule has 0 aliphatic rings. The first-order valence-electron chi connectivity index (χ1n) is 5.30. The smallest absolute Gasteiger partial charge is 0.121 e. The molecular formula is C13H14BrNOS. The summed E-state index contributed by atoms with van der Waals surface area (Å²) < 4.78 is 1.01. The highest BCUT2D eigenvalue weighted by atomic mass is 79.9. The van der Waals surface area contributed by atoms with Crippen molar-refractivity contribution >= 4 is 27.3 Å². The van der Waals surface area contributed by atoms with Gasteiger partial charge in [0.1, 0.15) is 5.75 Å². The number of nitrogens with two attached hydrogens (primary N) is 1. The van der Waals surface area contributed by atoms with Crippen LogP contribution >= 0.6 is 27.3 Å². The van der Waals surface area contributed by atoms with Crippen molar-refractivity contribution in [1.29, 1.82) is 0 Å². The molecule has 0 bridgehead atoms. The van der Waals surface area contributed by atoms with Crippen LogP contribution in [0.2, 0.25) is 0 Å². The minimum absolute atomic E-state index is 0.268. The molecule has 1 heterocycles. The Kier molecular flexibility index (Phi) is 3.56. The van der Waals surface area contributed by atoms with Gasteiger partial charge in [0.15, 0.2) is 0 Å². The first-order chi connectivity index (χ1) is 8.02. The second-order valence-electron chi connectivity index (χ2n) is 4.06. The van der Waals surface area contributed by atoms with Crippen LogP contribution in [-0.4, -0.2) is 5.11 Å². The SMILES string of the molecule is Cc1cc(O)c([C@@H](N)c2cccs2)c(C)c1Br. The van der Waals surface area contributed by atoms with Crippen molar-refractivity contribution in [3.63, 3.8) is 0 Å². The highest BCUT2D eigenvalue weighted by molar-refractivity contribution is 9.10. The van der Waals surface area contributed by atoms with Crippen LogP contribution in [0.3, 0.4) is 0 Å². The minimum atomic E-state index is -0.271. The number of aromatic hydroxyl groups is 1. The third-order valence-electron chi connectivity index (χ3n) is 2.87. The molecule has 90 valence electrons. The standard InChI is InChI=1S/C13H14BrNOS/c1-7-6-9(16)11(8(2)12(7)14)13(15)10-4-3-5-17-10/h3-6,13,16H,15H2,1-2H3/t13-/m0/s1. The molecule has 2 rings (SSSR count). The predicted molar refractivity (Wildman–Crippen MR) is 75.6 cm³/mol. The Morgan fingerprint density at radius 3 is 2.71 bits per heavy atom. The summed E-state index contributed by atoms with van der Waals surface area (Å²) >= 11 is 5.13. The van der Waals surface area contributed by atoms with E-state index in [4.69, 9.17) is 5.73 Å². The fourth-order valence-electron chi connectivity index (χ4n) is 1.96. The van der Waals surface area contributed by atoms with Crippen molar-refractivity contribution in [2.75, 3.05) is 0 Å². The van der Waals surface area contributed by atoms with Crippen LogP contribution in [0, 0.1) is 13.8 Å². The van der Waals surface area contributed by atoms with Crippen molar-refractivity contribution in [2.45, 2.75) is 19.9 Å². The molecule has 2 nitrogen and oxygen atoms in total. The normalized spacial score (nSPS) is 12.7. The van der Waals surface area contributed by atoms with E-state index in [1.807, 2.05) is 31.4 Å². The Bertz CT molecular complexity index is 537. The maximum atomic E-state index is 10.1. The van der Waals surface area contributed by atoms with Gasteiger partial charge < -0.3 is 10.8 Å². The zero-order valence-electron chi connectivity index (χ0n) is 9.70. The van der Waals surface area contributed by atoms with Gasteiger partial charge in [-0.3, -0.25) is 0 Å². The van der Waals surface area contributed by atoms with E-state index in [1.54, 1.807) is 17.4 Å². The van der Waals surface area contributed by atoms with Crippen molar-refractivity contribution in [3.05, 3.63) is 49.6 Å². The molecule has 0 aliphatic heterocycles. The largest absolute Gasteiger partial charge is 0.508 e. The van der Waals surface area contributed by atoms with Crippen molar-refractivity contribution in [1.82, 2.24) is 0 Å². The van der Waals surface area contributed by atoms with Gasteiger partial charge in [-0.25, -0.2) is 0 Å². The molecule has 0 spiro atoms. The zero-order chi connectivity index (χ0) is 12.6. The Morgan fingerprint density at radius 1 is 1.41 bits per heavy atom. The van der Waals surface area contributed by atoms with Gasteiger partial charge in [0.05, 0.1) is 6.04 Å². The summed E-state index contributed by atoms with van der Waals surface area (Å²) in [7, 11) is 0. The van der Waals surface area contributed by atoms with E-state index < -0.39 is 0 Å². The van der Waals surface area contributed by atoms with Gasteiger partial charge in [0, 0.05) is 14.9 Å². The van der Waals surface area contributed by atoms with Crippen molar-refractivity contribution < 1.29 is 5.11 Å². The Labute approximate surface area is 113 Å². The highest BCUT2D eigenvalue weighted by Gasteiger charge is 2.19. The van der Waals surface area contributed by atoms with Crippen LogP contribution in [0.15, 0.2) is 28.1 Å². The number of hydrogen-bond donors (Lipinski definition) is 2. The molecule has 1 aromatic carbocycles. The molecule has 0 radical (unpaired) electrons. The molecule has 0 fully saturated rings. The van der Waals surface area contributed by atoms with Gasteiger partial charge in [-0.1, -0.05) is 22.0 Å². The molecule has 0 amide bonds. The molecule has 1 atom stereocenters. The molecule has 1 aromatic heterocycles. The zero-order valence-corrected chi connectivity index (χ0v) is 12.1. The van der Waals surface area contributed by atoms with E-state index in [0.717, 1.165) is 26.0 Å². The Balaban J connectivity index is 2.56. The predicted octanol–water partition coefficient (Wildman–Crippen LogP) is 3.88. The van der Waals surface area contributed by atoms with Crippen LogP contribution < -0.4 is 5.73 Å². The topological polar surface area (TPSA) is 46.2 Å². The molecule has 0 saturated carbocycles. The summed E-state index contributed by atoms with van der Waals surface area (Å²) in [6.45, 7) is 3.93. The van der Waals surface area contributed by atoms with Gasteiger partial charge in [0.25, 0.3) is 0 Å². The summed E-state index contributed by atoms with van der Waals surface area (Å²) in [4.78, 5) is 1.05. The lowest BCUT2D eigenvalue weighted by atomic mass is 9.97. The lowest BCUT2D eigenvalue weighted by Crippen LogP contribution is -2.12. The van der Waals surface area contributed by atoms with Crippen molar-refractivity contribution in [2.24, 2.45) is 5.73 Å². The van der Waals surface area contributed by atoms with Gasteiger partial charge in [-0.05, 0) is 42.5 Å². The maximum absolute atomic E-state index is 10.1. The average molecular weight is 312 g/mol. The van der Waals surface area contributed by atoms with Crippen LogP contribution in [0.1, 0.15) is 27.6 Å². The number of aryl methyl sites for hydroxylation is 1. The second-order valence-corrected chi connectivity index (χ2v) is 5.83. The highest BCUT2D eigenvalue weighted by Crippen LogP contribution is 2.37. The number of phenolic OH excluding ortho intramolecular Hbond substituents is 1. The molecule has 0 saturated heterocycles. The summed E-state index contributed by atoms with van der Waals surface area (Å²) in [5.74, 6) is 0.268. The van der Waals surface area contributed by atoms with Gasteiger partial charge in [0.2, 0.25) is 0 Å². The molecule has 17 heavy (non-hydrogen) atoms. The van der Waals surface area contributed by atoms with Gasteiger partial charge in [-0.2, -0.15) is 0 Å². The maximum Gasteiger partial charge on any atom is 0.121 e. The Morgan fingerprint density at radius 2 is 2.12 bits per heavy atom. The van der Waals surface area contributed by atoms with E-state index in [1.165, 1.54) is 0 Å². The van der Waals surface area contributed by atoms with Gasteiger partial charge in [-0.15, -0.1) is 11.3 Å². The fraction of sp³-hybridized carbons (Fsp3) is 0.231. The van der Waals surface area contributed by atoms with E-state index >= 15 is 0 Å². The number of phenols is 1. The number of halogens is 1. The van der Waals surface area contributed by atoms with E-state index in [2.05, 4.69) is 15.9 Å². The lowest BCUT2D eigenvalue weighted by molar-refractivity contribution is 0.464. The first-order valence-corrected chi connectivity index (χ1v) is 6.97. The van der Waals surface area contributed by atoms with Crippen LogP contribution in [0.25, 0.3) is 0 Å². The molecule has 4 heteroatoms. The summed E-state index contributed by atoms with van der Waals surface area (Å²) in [5, 5.41) is 12.1. The summed E-state index contributed by atoms with van der Waals surface area (Å²) in [6, 6.07) is 5.43.